The molecule has 2 heterocycles. The molecule has 0 fully saturated rings. The molecule has 0 saturated carbocycles. The Hall–Kier alpha value is -6.41. The van der Waals surface area contributed by atoms with Crippen molar-refractivity contribution in [3.8, 4) is 11.8 Å². The maximum absolute atomic E-state index is 14.4. The van der Waals surface area contributed by atoms with Gasteiger partial charge in [-0.2, -0.15) is 0 Å². The van der Waals surface area contributed by atoms with E-state index >= 15 is 0 Å². The van der Waals surface area contributed by atoms with Crippen LogP contribution < -0.4 is 20.1 Å². The predicted molar refractivity (Wildman–Crippen MR) is 209 cm³/mol. The second kappa shape index (κ2) is 16.5. The topological polar surface area (TPSA) is 166 Å². The van der Waals surface area contributed by atoms with Crippen LogP contribution in [0, 0.1) is 22.5 Å². The summed E-state index contributed by atoms with van der Waals surface area (Å²) >= 11 is 0. The predicted octanol–water partition coefficient (Wildman–Crippen LogP) is 7.84. The molecule has 14 heteroatoms. The average Bonchev–Trinajstić information content (AvgIpc) is 3.17. The average molecular weight is 765 g/mol. The number of rotatable bonds is 8. The molecule has 0 aliphatic heterocycles. The Morgan fingerprint density at radius 3 is 1.68 bits per heavy atom. The van der Waals surface area contributed by atoms with Crippen LogP contribution in [0.2, 0.25) is 0 Å². The van der Waals surface area contributed by atoms with Crippen LogP contribution in [0.25, 0.3) is 22.1 Å². The molecule has 6 rings (SSSR count). The van der Waals surface area contributed by atoms with E-state index in [2.05, 4.69) is 30.6 Å². The van der Waals surface area contributed by atoms with Gasteiger partial charge in [-0.3, -0.25) is 14.4 Å². The standard InChI is InChI=1S/C21H22FN3O3.C21H20FN3O3/c2*1-21(2,3)20(27)24-13-6-7-15(22)14(10-13)19(26)12-5-8-16-17(9-12)25-18(28-4)11-23-16/h5-11,19,26H,1-4H3,(H,24,27);5-11H,1-4H3,(H,24,27). The summed E-state index contributed by atoms with van der Waals surface area (Å²) in [6, 6.07) is 17.8. The minimum Gasteiger partial charge on any atom is -0.480 e. The number of ether oxygens (including phenoxy) is 2. The third-order valence-electron chi connectivity index (χ3n) is 8.44. The van der Waals surface area contributed by atoms with Gasteiger partial charge in [0, 0.05) is 33.3 Å². The van der Waals surface area contributed by atoms with Gasteiger partial charge in [-0.1, -0.05) is 47.6 Å². The number of carbonyl (C=O) groups is 3. The van der Waals surface area contributed by atoms with E-state index in [9.17, 15) is 28.3 Å². The van der Waals surface area contributed by atoms with Gasteiger partial charge in [0.1, 0.15) is 17.7 Å². The molecule has 2 aromatic heterocycles. The van der Waals surface area contributed by atoms with Crippen LogP contribution in [0.1, 0.15) is 74.7 Å². The van der Waals surface area contributed by atoms with Crippen molar-refractivity contribution in [2.75, 3.05) is 24.9 Å². The molecule has 1 atom stereocenters. The third kappa shape index (κ3) is 9.63. The number of hydrogen-bond acceptors (Lipinski definition) is 10. The maximum Gasteiger partial charge on any atom is 0.232 e. The van der Waals surface area contributed by atoms with Crippen LogP contribution in [0.15, 0.2) is 85.2 Å². The highest BCUT2D eigenvalue weighted by Crippen LogP contribution is 2.30. The lowest BCUT2D eigenvalue weighted by atomic mass is 9.95. The molecule has 56 heavy (non-hydrogen) atoms. The Balaban J connectivity index is 0.000000214. The molecule has 2 amide bonds. The Labute approximate surface area is 322 Å². The maximum atomic E-state index is 14.4. The second-order valence-electron chi connectivity index (χ2n) is 14.8. The number of hydrogen-bond donors (Lipinski definition) is 3. The number of aliphatic hydroxyl groups excluding tert-OH is 1. The van der Waals surface area contributed by atoms with E-state index in [1.807, 2.05) is 0 Å². The van der Waals surface area contributed by atoms with Crippen molar-refractivity contribution >= 4 is 51.0 Å². The number of benzene rings is 4. The highest BCUT2D eigenvalue weighted by Gasteiger charge is 2.24. The molecule has 0 saturated heterocycles. The first-order valence-electron chi connectivity index (χ1n) is 17.4. The Kier molecular flexibility index (Phi) is 12.0. The number of nitrogens with one attached hydrogen (secondary N) is 2. The smallest absolute Gasteiger partial charge is 0.232 e. The summed E-state index contributed by atoms with van der Waals surface area (Å²) in [5, 5.41) is 16.2. The lowest BCUT2D eigenvalue weighted by Gasteiger charge is -2.19. The van der Waals surface area contributed by atoms with Gasteiger partial charge >= 0.3 is 0 Å². The minimum atomic E-state index is -1.23. The number of carbonyl (C=O) groups excluding carboxylic acids is 3. The largest absolute Gasteiger partial charge is 0.480 e. The van der Waals surface area contributed by atoms with Crippen molar-refractivity contribution in [2.24, 2.45) is 10.8 Å². The molecule has 1 unspecified atom stereocenters. The van der Waals surface area contributed by atoms with E-state index in [0.717, 1.165) is 6.07 Å². The third-order valence-corrected chi connectivity index (χ3v) is 8.44. The molecule has 0 aliphatic carbocycles. The van der Waals surface area contributed by atoms with E-state index in [1.54, 1.807) is 71.9 Å². The van der Waals surface area contributed by atoms with Crippen molar-refractivity contribution in [3.05, 3.63) is 119 Å². The monoisotopic (exact) mass is 764 g/mol. The highest BCUT2D eigenvalue weighted by atomic mass is 19.1. The number of ketones is 1. The molecule has 6 aromatic rings. The summed E-state index contributed by atoms with van der Waals surface area (Å²) in [6.45, 7) is 10.6. The zero-order valence-corrected chi connectivity index (χ0v) is 32.2. The lowest BCUT2D eigenvalue weighted by molar-refractivity contribution is -0.123. The van der Waals surface area contributed by atoms with Gasteiger partial charge in [0.2, 0.25) is 23.6 Å². The normalized spacial score (nSPS) is 12.0. The fourth-order valence-corrected chi connectivity index (χ4v) is 5.09. The Morgan fingerprint density at radius 2 is 1.14 bits per heavy atom. The quantitative estimate of drug-likeness (QED) is 0.130. The molecule has 0 aliphatic rings. The van der Waals surface area contributed by atoms with E-state index in [4.69, 9.17) is 9.47 Å². The number of fused-ring (bicyclic) bond motifs is 2. The summed E-state index contributed by atoms with van der Waals surface area (Å²) < 4.78 is 38.8. The van der Waals surface area contributed by atoms with Crippen molar-refractivity contribution < 1.29 is 37.7 Å². The second-order valence-corrected chi connectivity index (χ2v) is 14.8. The van der Waals surface area contributed by atoms with Gasteiger partial charge in [0.05, 0.1) is 54.2 Å². The number of halogens is 2. The number of methoxy groups -OCH3 is 2. The fourth-order valence-electron chi connectivity index (χ4n) is 5.09. The van der Waals surface area contributed by atoms with Crippen LogP contribution in [0.5, 0.6) is 11.8 Å². The molecule has 12 nitrogen and oxygen atoms in total. The van der Waals surface area contributed by atoms with Gasteiger partial charge in [0.25, 0.3) is 0 Å². The summed E-state index contributed by atoms with van der Waals surface area (Å²) in [5.41, 5.74) is 2.39. The van der Waals surface area contributed by atoms with Crippen molar-refractivity contribution in [3.63, 3.8) is 0 Å². The van der Waals surface area contributed by atoms with Crippen molar-refractivity contribution in [1.82, 2.24) is 19.9 Å². The molecule has 0 bridgehead atoms. The number of aliphatic hydroxyl groups is 1. The highest BCUT2D eigenvalue weighted by molar-refractivity contribution is 6.11. The van der Waals surface area contributed by atoms with Crippen LogP contribution in [0.3, 0.4) is 0 Å². The molecule has 0 radical (unpaired) electrons. The molecule has 290 valence electrons. The van der Waals surface area contributed by atoms with E-state index in [1.165, 1.54) is 63.0 Å². The Bertz CT molecular complexity index is 2440. The minimum absolute atomic E-state index is 0.0573. The van der Waals surface area contributed by atoms with Crippen LogP contribution in [-0.4, -0.2) is 56.9 Å². The molecular formula is C42H42F2N6O6. The zero-order valence-electron chi connectivity index (χ0n) is 32.2. The summed E-state index contributed by atoms with van der Waals surface area (Å²) in [5.74, 6) is -1.53. The van der Waals surface area contributed by atoms with Gasteiger partial charge in [-0.15, -0.1) is 0 Å². The number of anilines is 2. The van der Waals surface area contributed by atoms with Gasteiger partial charge in [-0.25, -0.2) is 28.7 Å². The first kappa shape index (κ1) is 40.8. The SMILES string of the molecule is COc1cnc2ccc(C(=O)c3cc(NC(=O)C(C)(C)C)ccc3F)cc2n1.COc1cnc2ccc(C(O)c3cc(NC(=O)C(C)(C)C)ccc3F)cc2n1. The van der Waals surface area contributed by atoms with Crippen LogP contribution in [-0.2, 0) is 9.59 Å². The van der Waals surface area contributed by atoms with E-state index in [-0.39, 0.29) is 28.5 Å². The van der Waals surface area contributed by atoms with Crippen molar-refractivity contribution in [1.29, 1.82) is 0 Å². The fraction of sp³-hybridized carbons (Fsp3) is 0.262. The molecular weight excluding hydrogens is 722 g/mol. The summed E-state index contributed by atoms with van der Waals surface area (Å²) in [6.07, 6.45) is 1.74. The van der Waals surface area contributed by atoms with E-state index < -0.39 is 34.4 Å². The molecule has 4 aromatic carbocycles. The van der Waals surface area contributed by atoms with Crippen molar-refractivity contribution in [2.45, 2.75) is 47.6 Å². The van der Waals surface area contributed by atoms with Crippen LogP contribution >= 0.6 is 0 Å². The van der Waals surface area contributed by atoms with E-state index in [0.29, 0.717) is 50.8 Å². The number of aromatic nitrogens is 4. The first-order valence-corrected chi connectivity index (χ1v) is 17.4. The van der Waals surface area contributed by atoms with Gasteiger partial charge < -0.3 is 25.2 Å². The lowest BCUT2D eigenvalue weighted by Crippen LogP contribution is -2.27. The first-order chi connectivity index (χ1) is 26.4. The zero-order chi connectivity index (χ0) is 40.9. The molecule has 3 N–H and O–H groups in total. The number of nitrogens with zero attached hydrogens (tertiary/aromatic N) is 4. The van der Waals surface area contributed by atoms with Gasteiger partial charge in [-0.05, 0) is 72.3 Å². The Morgan fingerprint density at radius 1 is 0.643 bits per heavy atom. The molecule has 0 spiro atoms. The number of amides is 2. The van der Waals surface area contributed by atoms with Crippen LogP contribution in [0.4, 0.5) is 20.2 Å². The summed E-state index contributed by atoms with van der Waals surface area (Å²) in [4.78, 5) is 54.2. The summed E-state index contributed by atoms with van der Waals surface area (Å²) in [7, 11) is 2.96. The van der Waals surface area contributed by atoms with Gasteiger partial charge in [0.15, 0.2) is 5.78 Å².